The van der Waals surface area contributed by atoms with Gasteiger partial charge in [0.05, 0.1) is 0 Å². The topological polar surface area (TPSA) is 23.8 Å². The van der Waals surface area contributed by atoms with E-state index in [1.54, 1.807) is 0 Å². The SMILES string of the molecule is C[Si](C)C.[C-]#N.[CH3-].[Pd+2]. The van der Waals surface area contributed by atoms with Crippen molar-refractivity contribution in [3.05, 3.63) is 14.0 Å². The molecule has 8 heavy (non-hydrogen) atoms. The van der Waals surface area contributed by atoms with E-state index in [0.717, 1.165) is 0 Å². The predicted octanol–water partition coefficient (Wildman–Crippen LogP) is 1.91. The monoisotopic (exact) mass is 220 g/mol. The zero-order valence-electron chi connectivity index (χ0n) is 5.76. The zero-order valence-corrected chi connectivity index (χ0v) is 8.32. The van der Waals surface area contributed by atoms with E-state index in [2.05, 4.69) is 19.6 Å². The second-order valence-corrected chi connectivity index (χ2v) is 4.50. The molecular formula is C5H12NPdSi. The standard InChI is InChI=1S/C3H9Si.CN.CH3.Pd/c1-4(2)3;1-2;;/h1-3H3;;1H3;/q;2*-1;+2. The summed E-state index contributed by atoms with van der Waals surface area (Å²) in [5.41, 5.74) is 0. The van der Waals surface area contributed by atoms with Crippen LogP contribution in [0.4, 0.5) is 0 Å². The van der Waals surface area contributed by atoms with Crippen molar-refractivity contribution in [1.82, 2.24) is 0 Å². The summed E-state index contributed by atoms with van der Waals surface area (Å²) in [4.78, 5) is 0. The van der Waals surface area contributed by atoms with Crippen molar-refractivity contribution < 1.29 is 20.4 Å². The average Bonchev–Trinajstić information content (AvgIpc) is 1.41. The van der Waals surface area contributed by atoms with Crippen LogP contribution in [0.5, 0.6) is 0 Å². The molecule has 0 rings (SSSR count). The van der Waals surface area contributed by atoms with E-state index in [1.807, 2.05) is 0 Å². The van der Waals surface area contributed by atoms with E-state index in [1.165, 1.54) is 0 Å². The summed E-state index contributed by atoms with van der Waals surface area (Å²) in [5.74, 6) is 0. The molecule has 0 atom stereocenters. The van der Waals surface area contributed by atoms with E-state index in [0.29, 0.717) is 0 Å². The van der Waals surface area contributed by atoms with Crippen LogP contribution in [0.1, 0.15) is 0 Å². The van der Waals surface area contributed by atoms with Gasteiger partial charge in [0.25, 0.3) is 0 Å². The Labute approximate surface area is 68.4 Å². The maximum atomic E-state index is 6.25. The fourth-order valence-electron chi connectivity index (χ4n) is 0. The van der Waals surface area contributed by atoms with Gasteiger partial charge in [-0.05, 0) is 0 Å². The van der Waals surface area contributed by atoms with Crippen LogP contribution in [-0.2, 0) is 20.4 Å². The van der Waals surface area contributed by atoms with Crippen molar-refractivity contribution in [2.75, 3.05) is 0 Å². The summed E-state index contributed by atoms with van der Waals surface area (Å²) >= 11 is 0. The third-order valence-corrected chi connectivity index (χ3v) is 0. The summed E-state index contributed by atoms with van der Waals surface area (Å²) in [6, 6.07) is 0. The summed E-state index contributed by atoms with van der Waals surface area (Å²) in [6.45, 7) is 11.6. The molecule has 0 saturated carbocycles. The van der Waals surface area contributed by atoms with E-state index >= 15 is 0 Å². The normalized spacial score (nSPS) is 4.75. The first-order chi connectivity index (χ1) is 2.73. The van der Waals surface area contributed by atoms with Gasteiger partial charge in [0.15, 0.2) is 0 Å². The Morgan fingerprint density at radius 2 is 1.12 bits per heavy atom. The van der Waals surface area contributed by atoms with Gasteiger partial charge < -0.3 is 19.3 Å². The summed E-state index contributed by atoms with van der Waals surface area (Å²) < 4.78 is 0. The molecule has 51 valence electrons. The van der Waals surface area contributed by atoms with E-state index in [9.17, 15) is 0 Å². The number of hydrogen-bond donors (Lipinski definition) is 0. The van der Waals surface area contributed by atoms with Crippen molar-refractivity contribution in [3.8, 4) is 0 Å². The third-order valence-electron chi connectivity index (χ3n) is 0. The molecule has 0 bridgehead atoms. The molecule has 1 nitrogen and oxygen atoms in total. The van der Waals surface area contributed by atoms with Gasteiger partial charge in [-0.3, -0.25) is 0 Å². The van der Waals surface area contributed by atoms with Crippen LogP contribution in [0.25, 0.3) is 0 Å². The molecule has 0 aliphatic rings. The van der Waals surface area contributed by atoms with Crippen LogP contribution in [0.3, 0.4) is 0 Å². The smallest absolute Gasteiger partial charge is 0.512 e. The van der Waals surface area contributed by atoms with Gasteiger partial charge in [0.2, 0.25) is 0 Å². The molecule has 1 radical (unpaired) electrons. The molecule has 0 unspecified atom stereocenters. The Morgan fingerprint density at radius 1 is 1.12 bits per heavy atom. The maximum absolute atomic E-state index is 6.25. The molecule has 0 aromatic heterocycles. The Morgan fingerprint density at radius 3 is 1.12 bits per heavy atom. The van der Waals surface area contributed by atoms with Gasteiger partial charge >= 0.3 is 20.4 Å². The average molecular weight is 221 g/mol. The number of nitrogens with zero attached hydrogens (tertiary/aromatic N) is 1. The summed E-state index contributed by atoms with van der Waals surface area (Å²) in [7, 11) is 0.120. The fraction of sp³-hybridized carbons (Fsp3) is 0.600. The molecule has 0 saturated heterocycles. The minimum Gasteiger partial charge on any atom is -0.512 e. The van der Waals surface area contributed by atoms with Crippen LogP contribution in [0.2, 0.25) is 19.6 Å². The molecule has 3 heteroatoms. The van der Waals surface area contributed by atoms with Crippen molar-refractivity contribution in [1.29, 1.82) is 5.26 Å². The van der Waals surface area contributed by atoms with E-state index < -0.39 is 0 Å². The van der Waals surface area contributed by atoms with Crippen LogP contribution in [0.15, 0.2) is 0 Å². The van der Waals surface area contributed by atoms with Crippen LogP contribution in [-0.4, -0.2) is 8.80 Å². The van der Waals surface area contributed by atoms with Crippen molar-refractivity contribution in [3.63, 3.8) is 0 Å². The van der Waals surface area contributed by atoms with Crippen molar-refractivity contribution in [2.24, 2.45) is 0 Å². The number of rotatable bonds is 0. The van der Waals surface area contributed by atoms with Gasteiger partial charge in [-0.25, -0.2) is 0 Å². The molecule has 0 amide bonds. The van der Waals surface area contributed by atoms with Gasteiger partial charge in [0, 0.05) is 8.80 Å². The predicted molar refractivity (Wildman–Crippen MR) is 34.7 cm³/mol. The summed E-state index contributed by atoms with van der Waals surface area (Å²) in [6.07, 6.45) is 0. The van der Waals surface area contributed by atoms with Crippen molar-refractivity contribution in [2.45, 2.75) is 19.6 Å². The van der Waals surface area contributed by atoms with Crippen LogP contribution < -0.4 is 0 Å². The third kappa shape index (κ3) is 1350. The zero-order chi connectivity index (χ0) is 5.58. The molecule has 0 N–H and O–H groups in total. The molecular weight excluding hydrogens is 209 g/mol. The molecule has 0 aromatic carbocycles. The van der Waals surface area contributed by atoms with Gasteiger partial charge in [-0.1, -0.05) is 19.6 Å². The minimum atomic E-state index is 0. The molecule has 0 heterocycles. The molecule has 0 aliphatic carbocycles. The second-order valence-electron chi connectivity index (χ2n) is 1.50. The van der Waals surface area contributed by atoms with Gasteiger partial charge in [-0.15, -0.1) is 0 Å². The quantitative estimate of drug-likeness (QED) is 0.452. The number of hydrogen-bond acceptors (Lipinski definition) is 1. The largest absolute Gasteiger partial charge is 2.00 e. The second kappa shape index (κ2) is 26.3. The van der Waals surface area contributed by atoms with Crippen molar-refractivity contribution >= 4 is 8.80 Å². The van der Waals surface area contributed by atoms with Gasteiger partial charge in [0.1, 0.15) is 0 Å². The Kier molecular flexibility index (Phi) is 78.4. The molecule has 0 aliphatic heterocycles. The fourth-order valence-corrected chi connectivity index (χ4v) is 0. The minimum absolute atomic E-state index is 0. The summed E-state index contributed by atoms with van der Waals surface area (Å²) in [5, 5.41) is 6.25. The molecule has 0 fully saturated rings. The Bertz CT molecular complexity index is 33.9. The first kappa shape index (κ1) is 23.8. The first-order valence-electron chi connectivity index (χ1n) is 1.72. The molecule has 0 aromatic rings. The van der Waals surface area contributed by atoms with Crippen LogP contribution in [0, 0.1) is 19.3 Å². The van der Waals surface area contributed by atoms with E-state index in [4.69, 9.17) is 11.8 Å². The van der Waals surface area contributed by atoms with Crippen LogP contribution >= 0.6 is 0 Å². The molecule has 0 spiro atoms. The Balaban J connectivity index is -0.0000000183. The first-order valence-corrected chi connectivity index (χ1v) is 4.72. The van der Waals surface area contributed by atoms with E-state index in [-0.39, 0.29) is 36.6 Å². The van der Waals surface area contributed by atoms with Gasteiger partial charge in [-0.2, -0.15) is 0 Å². The Hall–Kier alpha value is 0.369. The maximum Gasteiger partial charge on any atom is 2.00 e.